The molecule has 0 saturated heterocycles. The zero-order valence-corrected chi connectivity index (χ0v) is 12.2. The Morgan fingerprint density at radius 1 is 1.32 bits per heavy atom. The number of hydrogen-bond donors (Lipinski definition) is 1. The molecular weight excluding hydrogens is 306 g/mol. The van der Waals surface area contributed by atoms with Gasteiger partial charge in [-0.1, -0.05) is 15.9 Å². The normalized spacial score (nSPS) is 10.0. The smallest absolute Gasteiger partial charge is 0.237 e. The molecule has 1 heterocycles. The van der Waals surface area contributed by atoms with Crippen molar-refractivity contribution in [1.29, 1.82) is 5.26 Å². The predicted octanol–water partition coefficient (Wildman–Crippen LogP) is 3.71. The number of ether oxygens (including phenoxy) is 1. The summed E-state index contributed by atoms with van der Waals surface area (Å²) in [6.07, 6.45) is 0. The van der Waals surface area contributed by atoms with Crippen LogP contribution in [-0.4, -0.2) is 4.98 Å². The fourth-order valence-corrected chi connectivity index (χ4v) is 2.11. The van der Waals surface area contributed by atoms with Gasteiger partial charge in [0.25, 0.3) is 0 Å². The highest BCUT2D eigenvalue weighted by Gasteiger charge is 2.12. The lowest BCUT2D eigenvalue weighted by atomic mass is 10.1. The molecule has 1 aromatic carbocycles. The lowest BCUT2D eigenvalue weighted by molar-refractivity contribution is 0.461. The third kappa shape index (κ3) is 2.85. The molecule has 0 radical (unpaired) electrons. The molecule has 4 nitrogen and oxygen atoms in total. The van der Waals surface area contributed by atoms with Crippen molar-refractivity contribution < 1.29 is 4.74 Å². The first-order valence-electron chi connectivity index (χ1n) is 5.62. The molecule has 5 heteroatoms. The lowest BCUT2D eigenvalue weighted by Crippen LogP contribution is -1.99. The number of aromatic nitrogens is 1. The standard InChI is InChI=1S/C14H12BrN3O/c1-8-5-9(2)18-14(11(8)7-16)19-13-4-3-10(15)6-12(13)17/h3-6H,17H2,1-2H3. The van der Waals surface area contributed by atoms with Crippen LogP contribution < -0.4 is 10.5 Å². The summed E-state index contributed by atoms with van der Waals surface area (Å²) in [4.78, 5) is 4.25. The van der Waals surface area contributed by atoms with Crippen molar-refractivity contribution in [2.75, 3.05) is 5.73 Å². The van der Waals surface area contributed by atoms with Crippen LogP contribution in [0.2, 0.25) is 0 Å². The lowest BCUT2D eigenvalue weighted by Gasteiger charge is -2.11. The van der Waals surface area contributed by atoms with E-state index in [2.05, 4.69) is 27.0 Å². The van der Waals surface area contributed by atoms with E-state index < -0.39 is 0 Å². The molecule has 0 bridgehead atoms. The Morgan fingerprint density at radius 2 is 2.05 bits per heavy atom. The molecule has 0 amide bonds. The number of nitriles is 1. The number of nitrogens with two attached hydrogens (primary N) is 1. The summed E-state index contributed by atoms with van der Waals surface area (Å²) in [5.74, 6) is 0.770. The van der Waals surface area contributed by atoms with E-state index in [1.54, 1.807) is 12.1 Å². The molecule has 0 aliphatic heterocycles. The maximum absolute atomic E-state index is 9.17. The topological polar surface area (TPSA) is 71.9 Å². The van der Waals surface area contributed by atoms with Crippen molar-refractivity contribution >= 4 is 21.6 Å². The number of rotatable bonds is 2. The number of benzene rings is 1. The van der Waals surface area contributed by atoms with Crippen LogP contribution in [0.4, 0.5) is 5.69 Å². The van der Waals surface area contributed by atoms with Gasteiger partial charge in [0.15, 0.2) is 5.75 Å². The van der Waals surface area contributed by atoms with Gasteiger partial charge in [-0.05, 0) is 43.7 Å². The number of pyridine rings is 1. The third-order valence-electron chi connectivity index (χ3n) is 2.60. The summed E-state index contributed by atoms with van der Waals surface area (Å²) in [5, 5.41) is 9.17. The van der Waals surface area contributed by atoms with Crippen LogP contribution in [0.1, 0.15) is 16.8 Å². The molecule has 19 heavy (non-hydrogen) atoms. The first-order chi connectivity index (χ1) is 9.01. The Labute approximate surface area is 120 Å². The molecule has 0 spiro atoms. The molecule has 2 N–H and O–H groups in total. The summed E-state index contributed by atoms with van der Waals surface area (Å²) < 4.78 is 6.54. The third-order valence-corrected chi connectivity index (χ3v) is 3.10. The molecule has 0 fully saturated rings. The van der Waals surface area contributed by atoms with Crippen LogP contribution in [0.5, 0.6) is 11.6 Å². The van der Waals surface area contributed by atoms with Gasteiger partial charge in [-0.3, -0.25) is 0 Å². The van der Waals surface area contributed by atoms with E-state index in [4.69, 9.17) is 10.5 Å². The second-order valence-electron chi connectivity index (χ2n) is 4.16. The monoisotopic (exact) mass is 317 g/mol. The summed E-state index contributed by atoms with van der Waals surface area (Å²) >= 11 is 3.33. The molecule has 0 unspecified atom stereocenters. The maximum Gasteiger partial charge on any atom is 0.237 e. The second-order valence-corrected chi connectivity index (χ2v) is 5.07. The summed E-state index contributed by atoms with van der Waals surface area (Å²) in [7, 11) is 0. The van der Waals surface area contributed by atoms with Crippen molar-refractivity contribution in [3.63, 3.8) is 0 Å². The van der Waals surface area contributed by atoms with E-state index in [0.29, 0.717) is 17.0 Å². The Balaban J connectivity index is 2.46. The molecule has 1 aromatic heterocycles. The van der Waals surface area contributed by atoms with E-state index in [1.165, 1.54) is 0 Å². The zero-order chi connectivity index (χ0) is 14.0. The Kier molecular flexibility index (Phi) is 3.72. The quantitative estimate of drug-likeness (QED) is 0.857. The minimum atomic E-state index is 0.286. The highest BCUT2D eigenvalue weighted by atomic mass is 79.9. The number of nitrogen functional groups attached to an aromatic ring is 1. The van der Waals surface area contributed by atoms with E-state index in [9.17, 15) is 5.26 Å². The van der Waals surface area contributed by atoms with Crippen LogP contribution in [0.25, 0.3) is 0 Å². The van der Waals surface area contributed by atoms with Gasteiger partial charge < -0.3 is 10.5 Å². The predicted molar refractivity (Wildman–Crippen MR) is 77.1 cm³/mol. The Hall–Kier alpha value is -2.06. The maximum atomic E-state index is 9.17. The molecule has 2 rings (SSSR count). The van der Waals surface area contributed by atoms with Gasteiger partial charge in [0, 0.05) is 10.2 Å². The minimum Gasteiger partial charge on any atom is -0.435 e. The summed E-state index contributed by atoms with van der Waals surface area (Å²) in [6, 6.07) is 9.24. The molecule has 0 atom stereocenters. The Morgan fingerprint density at radius 3 is 2.68 bits per heavy atom. The number of hydrogen-bond acceptors (Lipinski definition) is 4. The van der Waals surface area contributed by atoms with E-state index in [-0.39, 0.29) is 5.88 Å². The first kappa shape index (κ1) is 13.4. The van der Waals surface area contributed by atoms with Gasteiger partial charge in [0.1, 0.15) is 11.6 Å². The summed E-state index contributed by atoms with van der Waals surface area (Å²) in [5.41, 5.74) is 8.41. The zero-order valence-electron chi connectivity index (χ0n) is 10.6. The van der Waals surface area contributed by atoms with Gasteiger partial charge in [-0.15, -0.1) is 0 Å². The largest absolute Gasteiger partial charge is 0.435 e. The van der Waals surface area contributed by atoms with Crippen molar-refractivity contribution in [3.8, 4) is 17.7 Å². The van der Waals surface area contributed by atoms with Gasteiger partial charge in [0.05, 0.1) is 5.69 Å². The number of aryl methyl sites for hydroxylation is 2. The average Bonchev–Trinajstić information content (AvgIpc) is 2.32. The minimum absolute atomic E-state index is 0.286. The molecule has 96 valence electrons. The SMILES string of the molecule is Cc1cc(C)c(C#N)c(Oc2ccc(Br)cc2N)n1. The van der Waals surface area contributed by atoms with Crippen molar-refractivity contribution in [1.82, 2.24) is 4.98 Å². The number of nitrogens with zero attached hydrogens (tertiary/aromatic N) is 2. The van der Waals surface area contributed by atoms with Crippen LogP contribution in [0.3, 0.4) is 0 Å². The van der Waals surface area contributed by atoms with Crippen LogP contribution in [0.15, 0.2) is 28.7 Å². The number of halogens is 1. The van der Waals surface area contributed by atoms with Gasteiger partial charge >= 0.3 is 0 Å². The average molecular weight is 318 g/mol. The fourth-order valence-electron chi connectivity index (χ4n) is 1.73. The summed E-state index contributed by atoms with van der Waals surface area (Å²) in [6.45, 7) is 3.71. The van der Waals surface area contributed by atoms with Crippen molar-refractivity contribution in [2.24, 2.45) is 0 Å². The van der Waals surface area contributed by atoms with Crippen molar-refractivity contribution in [2.45, 2.75) is 13.8 Å². The highest BCUT2D eigenvalue weighted by molar-refractivity contribution is 9.10. The highest BCUT2D eigenvalue weighted by Crippen LogP contribution is 2.31. The molecule has 0 saturated carbocycles. The van der Waals surface area contributed by atoms with Gasteiger partial charge in [-0.25, -0.2) is 4.98 Å². The molecule has 0 aliphatic carbocycles. The first-order valence-corrected chi connectivity index (χ1v) is 6.42. The van der Waals surface area contributed by atoms with E-state index in [1.807, 2.05) is 26.0 Å². The molecule has 0 aliphatic rings. The fraction of sp³-hybridized carbons (Fsp3) is 0.143. The van der Waals surface area contributed by atoms with Gasteiger partial charge in [0.2, 0.25) is 5.88 Å². The van der Waals surface area contributed by atoms with Gasteiger partial charge in [-0.2, -0.15) is 5.26 Å². The molecular formula is C14H12BrN3O. The van der Waals surface area contributed by atoms with Crippen LogP contribution in [-0.2, 0) is 0 Å². The Bertz CT molecular complexity index is 677. The van der Waals surface area contributed by atoms with Crippen LogP contribution in [0, 0.1) is 25.2 Å². The van der Waals surface area contributed by atoms with E-state index >= 15 is 0 Å². The van der Waals surface area contributed by atoms with Crippen LogP contribution >= 0.6 is 15.9 Å². The second kappa shape index (κ2) is 5.29. The number of anilines is 1. The molecule has 2 aromatic rings. The van der Waals surface area contributed by atoms with E-state index in [0.717, 1.165) is 15.7 Å². The van der Waals surface area contributed by atoms with Crippen molar-refractivity contribution in [3.05, 3.63) is 45.6 Å².